The van der Waals surface area contributed by atoms with Crippen molar-refractivity contribution in [3.63, 3.8) is 0 Å². The van der Waals surface area contributed by atoms with Gasteiger partial charge in [0.2, 0.25) is 0 Å². The first kappa shape index (κ1) is 13.9. The van der Waals surface area contributed by atoms with E-state index in [1.807, 2.05) is 36.4 Å². The number of hydrogen-bond donors (Lipinski definition) is 3. The zero-order chi connectivity index (χ0) is 15.5. The van der Waals surface area contributed by atoms with Gasteiger partial charge in [0.1, 0.15) is 17.3 Å². The van der Waals surface area contributed by atoms with Crippen molar-refractivity contribution in [2.24, 2.45) is 0 Å². The Morgan fingerprint density at radius 2 is 1.41 bits per heavy atom. The fraction of sp³-hybridized carbons (Fsp3) is 0.0556. The van der Waals surface area contributed by atoms with E-state index < -0.39 is 0 Å². The molecule has 0 radical (unpaired) electrons. The molecule has 0 aliphatic heterocycles. The van der Waals surface area contributed by atoms with Crippen LogP contribution in [0.1, 0.15) is 0 Å². The number of para-hydroxylation sites is 2. The van der Waals surface area contributed by atoms with Crippen molar-refractivity contribution in [3.05, 3.63) is 60.7 Å². The highest BCUT2D eigenvalue weighted by Gasteiger charge is 2.11. The van der Waals surface area contributed by atoms with E-state index in [0.29, 0.717) is 17.1 Å². The highest BCUT2D eigenvalue weighted by Crippen LogP contribution is 2.35. The Hall–Kier alpha value is -3.01. The summed E-state index contributed by atoms with van der Waals surface area (Å²) < 4.78 is 0. The van der Waals surface area contributed by atoms with Gasteiger partial charge in [-0.3, -0.25) is 0 Å². The van der Waals surface area contributed by atoms with E-state index in [9.17, 15) is 10.2 Å². The highest BCUT2D eigenvalue weighted by atomic mass is 16.3. The standard InChI is InChI=1S/C18H16N2O2/c1-19-18-11-12(13-6-2-4-8-16(13)21)10-15(20-18)14-7-3-5-9-17(14)22/h2-11,21-22H,1H3,(H,19,20). The molecule has 1 aromatic heterocycles. The summed E-state index contributed by atoms with van der Waals surface area (Å²) in [4.78, 5) is 4.49. The smallest absolute Gasteiger partial charge is 0.127 e. The number of aromatic nitrogens is 1. The molecule has 110 valence electrons. The number of aromatic hydroxyl groups is 2. The minimum Gasteiger partial charge on any atom is -0.507 e. The average Bonchev–Trinajstić information content (AvgIpc) is 2.55. The Kier molecular flexibility index (Phi) is 3.66. The molecule has 0 aliphatic rings. The maximum atomic E-state index is 10.1. The summed E-state index contributed by atoms with van der Waals surface area (Å²) >= 11 is 0. The molecule has 3 rings (SSSR count). The summed E-state index contributed by atoms with van der Waals surface area (Å²) in [7, 11) is 1.78. The molecule has 0 spiro atoms. The maximum Gasteiger partial charge on any atom is 0.127 e. The number of pyridine rings is 1. The van der Waals surface area contributed by atoms with Crippen LogP contribution in [-0.4, -0.2) is 22.2 Å². The topological polar surface area (TPSA) is 65.4 Å². The predicted octanol–water partition coefficient (Wildman–Crippen LogP) is 3.87. The number of nitrogens with zero attached hydrogens (tertiary/aromatic N) is 1. The third-order valence-corrected chi connectivity index (χ3v) is 3.48. The fourth-order valence-electron chi connectivity index (χ4n) is 2.36. The van der Waals surface area contributed by atoms with Crippen molar-refractivity contribution in [3.8, 4) is 33.9 Å². The van der Waals surface area contributed by atoms with E-state index in [1.54, 1.807) is 31.3 Å². The van der Waals surface area contributed by atoms with Gasteiger partial charge < -0.3 is 15.5 Å². The average molecular weight is 292 g/mol. The van der Waals surface area contributed by atoms with Gasteiger partial charge in [-0.15, -0.1) is 0 Å². The lowest BCUT2D eigenvalue weighted by molar-refractivity contribution is 0.477. The van der Waals surface area contributed by atoms with Gasteiger partial charge in [0.15, 0.2) is 0 Å². The quantitative estimate of drug-likeness (QED) is 0.685. The van der Waals surface area contributed by atoms with Crippen molar-refractivity contribution < 1.29 is 10.2 Å². The lowest BCUT2D eigenvalue weighted by atomic mass is 10.0. The van der Waals surface area contributed by atoms with Crippen molar-refractivity contribution in [1.29, 1.82) is 0 Å². The van der Waals surface area contributed by atoms with Crippen molar-refractivity contribution in [2.75, 3.05) is 12.4 Å². The van der Waals surface area contributed by atoms with Gasteiger partial charge in [-0.1, -0.05) is 30.3 Å². The molecule has 0 atom stereocenters. The van der Waals surface area contributed by atoms with Crippen LogP contribution in [-0.2, 0) is 0 Å². The van der Waals surface area contributed by atoms with Crippen LogP contribution < -0.4 is 5.32 Å². The number of nitrogens with one attached hydrogen (secondary N) is 1. The summed E-state index contributed by atoms with van der Waals surface area (Å²) in [6.07, 6.45) is 0. The summed E-state index contributed by atoms with van der Waals surface area (Å²) in [5, 5.41) is 23.1. The number of phenols is 2. The number of anilines is 1. The summed E-state index contributed by atoms with van der Waals surface area (Å²) in [6.45, 7) is 0. The number of benzene rings is 2. The molecular formula is C18H16N2O2. The summed E-state index contributed by atoms with van der Waals surface area (Å²) in [5.74, 6) is 1.05. The molecule has 0 unspecified atom stereocenters. The Morgan fingerprint density at radius 1 is 0.818 bits per heavy atom. The molecule has 1 heterocycles. The van der Waals surface area contributed by atoms with Crippen LogP contribution in [0, 0.1) is 0 Å². The van der Waals surface area contributed by atoms with Crippen molar-refractivity contribution in [2.45, 2.75) is 0 Å². The van der Waals surface area contributed by atoms with Gasteiger partial charge in [0.05, 0.1) is 5.69 Å². The van der Waals surface area contributed by atoms with E-state index >= 15 is 0 Å². The molecule has 22 heavy (non-hydrogen) atoms. The van der Waals surface area contributed by atoms with E-state index in [1.165, 1.54) is 0 Å². The molecule has 3 aromatic rings. The molecule has 0 saturated carbocycles. The van der Waals surface area contributed by atoms with Crippen LogP contribution in [0.25, 0.3) is 22.4 Å². The molecule has 0 fully saturated rings. The number of hydrogen-bond acceptors (Lipinski definition) is 4. The maximum absolute atomic E-state index is 10.1. The second kappa shape index (κ2) is 5.77. The molecule has 2 aromatic carbocycles. The molecule has 0 aliphatic carbocycles. The Morgan fingerprint density at radius 3 is 2.00 bits per heavy atom. The predicted molar refractivity (Wildman–Crippen MR) is 88.0 cm³/mol. The molecule has 0 saturated heterocycles. The fourth-order valence-corrected chi connectivity index (χ4v) is 2.36. The lowest BCUT2D eigenvalue weighted by Crippen LogP contribution is -1.95. The summed E-state index contributed by atoms with van der Waals surface area (Å²) in [5.41, 5.74) is 2.84. The van der Waals surface area contributed by atoms with Crippen LogP contribution in [0.4, 0.5) is 5.82 Å². The molecular weight excluding hydrogens is 276 g/mol. The van der Waals surface area contributed by atoms with Crippen LogP contribution in [0.3, 0.4) is 0 Å². The first-order valence-corrected chi connectivity index (χ1v) is 6.95. The minimum absolute atomic E-state index is 0.173. The number of phenolic OH excluding ortho intramolecular Hbond substituents is 2. The molecule has 3 N–H and O–H groups in total. The van der Waals surface area contributed by atoms with Crippen LogP contribution in [0.15, 0.2) is 60.7 Å². The summed E-state index contributed by atoms with van der Waals surface area (Å²) in [6, 6.07) is 17.9. The van der Waals surface area contributed by atoms with Crippen LogP contribution >= 0.6 is 0 Å². The second-order valence-electron chi connectivity index (χ2n) is 4.91. The van der Waals surface area contributed by atoms with Gasteiger partial charge >= 0.3 is 0 Å². The van der Waals surface area contributed by atoms with E-state index in [4.69, 9.17) is 0 Å². The normalized spacial score (nSPS) is 10.4. The Balaban J connectivity index is 2.20. The first-order valence-electron chi connectivity index (χ1n) is 6.95. The van der Waals surface area contributed by atoms with Gasteiger partial charge in [-0.25, -0.2) is 4.98 Å². The van der Waals surface area contributed by atoms with Crippen LogP contribution in [0.5, 0.6) is 11.5 Å². The van der Waals surface area contributed by atoms with Crippen molar-refractivity contribution in [1.82, 2.24) is 4.98 Å². The molecule has 4 nitrogen and oxygen atoms in total. The Labute approximate surface area is 128 Å². The first-order chi connectivity index (χ1) is 10.7. The van der Waals surface area contributed by atoms with E-state index in [2.05, 4.69) is 10.3 Å². The SMILES string of the molecule is CNc1cc(-c2ccccc2O)cc(-c2ccccc2O)n1. The van der Waals surface area contributed by atoms with Gasteiger partial charge in [-0.05, 0) is 35.9 Å². The van der Waals surface area contributed by atoms with Crippen LogP contribution in [0.2, 0.25) is 0 Å². The molecule has 0 amide bonds. The van der Waals surface area contributed by atoms with Crippen molar-refractivity contribution >= 4 is 5.82 Å². The van der Waals surface area contributed by atoms with E-state index in [0.717, 1.165) is 11.1 Å². The van der Waals surface area contributed by atoms with Gasteiger partial charge in [-0.2, -0.15) is 0 Å². The Bertz CT molecular complexity index is 752. The highest BCUT2D eigenvalue weighted by molar-refractivity contribution is 5.78. The third kappa shape index (κ3) is 2.59. The second-order valence-corrected chi connectivity index (χ2v) is 4.91. The lowest BCUT2D eigenvalue weighted by Gasteiger charge is -2.11. The molecule has 4 heteroatoms. The van der Waals surface area contributed by atoms with Gasteiger partial charge in [0, 0.05) is 18.2 Å². The zero-order valence-electron chi connectivity index (χ0n) is 12.1. The van der Waals surface area contributed by atoms with E-state index in [-0.39, 0.29) is 11.5 Å². The third-order valence-electron chi connectivity index (χ3n) is 3.48. The monoisotopic (exact) mass is 292 g/mol. The number of rotatable bonds is 3. The largest absolute Gasteiger partial charge is 0.507 e. The minimum atomic E-state index is 0.173. The zero-order valence-corrected chi connectivity index (χ0v) is 12.1. The van der Waals surface area contributed by atoms with Gasteiger partial charge in [0.25, 0.3) is 0 Å². The molecule has 0 bridgehead atoms.